The van der Waals surface area contributed by atoms with E-state index < -0.39 is 12.0 Å². The van der Waals surface area contributed by atoms with Crippen LogP contribution in [0.15, 0.2) is 24.3 Å². The molecule has 0 spiro atoms. The Morgan fingerprint density at radius 2 is 2.04 bits per heavy atom. The van der Waals surface area contributed by atoms with Crippen LogP contribution >= 0.6 is 23.2 Å². The molecule has 0 aliphatic rings. The molecule has 1 unspecified atom stereocenters. The molecule has 0 amide bonds. The zero-order valence-electron chi connectivity index (χ0n) is 12.8. The molecule has 0 bridgehead atoms. The molecule has 8 heteroatoms. The first-order valence-electron chi connectivity index (χ1n) is 6.64. The molecule has 1 heterocycles. The number of carbonyl (C=O) groups is 2. The Balaban J connectivity index is 2.38. The lowest BCUT2D eigenvalue weighted by molar-refractivity contribution is -0.143. The zero-order valence-corrected chi connectivity index (χ0v) is 14.3. The fourth-order valence-corrected chi connectivity index (χ4v) is 2.42. The number of likely N-dealkylation sites (N-methyl/N-ethyl adjacent to an activating group) is 1. The maximum absolute atomic E-state index is 11.6. The second-order valence-electron chi connectivity index (χ2n) is 4.86. The number of hydrogen-bond acceptors (Lipinski definition) is 5. The average molecular weight is 356 g/mol. The summed E-state index contributed by atoms with van der Waals surface area (Å²) in [5.41, 5.74) is 1.58. The molecule has 1 aromatic carbocycles. The maximum atomic E-state index is 11.6. The Hall–Kier alpha value is -2.05. The molecule has 2 aromatic rings. The Labute approximate surface area is 143 Å². The molecule has 0 radical (unpaired) electrons. The Morgan fingerprint density at radius 1 is 1.35 bits per heavy atom. The van der Waals surface area contributed by atoms with Crippen molar-refractivity contribution in [2.45, 2.75) is 6.04 Å². The Morgan fingerprint density at radius 3 is 2.61 bits per heavy atom. The van der Waals surface area contributed by atoms with Crippen molar-refractivity contribution in [2.24, 2.45) is 7.05 Å². The van der Waals surface area contributed by atoms with Crippen LogP contribution in [0.2, 0.25) is 10.0 Å². The summed E-state index contributed by atoms with van der Waals surface area (Å²) in [7, 11) is 4.58. The molecule has 23 heavy (non-hydrogen) atoms. The number of ether oxygens (including phenoxy) is 1. The van der Waals surface area contributed by atoms with Crippen molar-refractivity contribution >= 4 is 41.3 Å². The second-order valence-corrected chi connectivity index (χ2v) is 5.67. The normalized spacial score (nSPS) is 11.9. The van der Waals surface area contributed by atoms with Gasteiger partial charge in [0.05, 0.1) is 22.8 Å². The van der Waals surface area contributed by atoms with E-state index in [1.54, 1.807) is 37.0 Å². The van der Waals surface area contributed by atoms with E-state index in [0.29, 0.717) is 22.1 Å². The summed E-state index contributed by atoms with van der Waals surface area (Å²) in [6.07, 6.45) is 0.513. The van der Waals surface area contributed by atoms with E-state index in [0.717, 1.165) is 11.3 Å². The van der Waals surface area contributed by atoms with Gasteiger partial charge in [-0.3, -0.25) is 4.68 Å². The van der Waals surface area contributed by atoms with Gasteiger partial charge in [-0.25, -0.2) is 4.79 Å². The van der Waals surface area contributed by atoms with E-state index in [2.05, 4.69) is 9.84 Å². The summed E-state index contributed by atoms with van der Waals surface area (Å²) >= 11 is 12.0. The molecular weight excluding hydrogens is 341 g/mol. The molecule has 2 rings (SSSR count). The first-order valence-corrected chi connectivity index (χ1v) is 7.40. The Kier molecular flexibility index (Phi) is 5.28. The predicted octanol–water partition coefficient (Wildman–Crippen LogP) is 2.57. The fraction of sp³-hybridized carbons (Fsp3) is 0.267. The van der Waals surface area contributed by atoms with Crippen LogP contribution in [0.4, 0.5) is 5.82 Å². The van der Waals surface area contributed by atoms with Gasteiger partial charge in [-0.05, 0) is 12.1 Å². The molecule has 0 saturated heterocycles. The minimum atomic E-state index is -1.06. The van der Waals surface area contributed by atoms with Crippen LogP contribution in [0, 0.1) is 0 Å². The second kappa shape index (κ2) is 7.02. The number of halogens is 2. The van der Waals surface area contributed by atoms with Gasteiger partial charge in [0.2, 0.25) is 0 Å². The quantitative estimate of drug-likeness (QED) is 0.468. The molecule has 6 nitrogen and oxygen atoms in total. The standard InChI is InChI=1S/C15H15Cl2N3O3/c1-19(13(8-21)15(22)23-3)14-7-12(20(2)18-14)9-4-5-10(16)11(17)6-9/h4-8,13H,1-3H3. The van der Waals surface area contributed by atoms with Crippen LogP contribution < -0.4 is 4.90 Å². The van der Waals surface area contributed by atoms with Gasteiger partial charge in [-0.1, -0.05) is 29.3 Å². The van der Waals surface area contributed by atoms with Crippen LogP contribution in [0.25, 0.3) is 11.3 Å². The number of carbonyl (C=O) groups excluding carboxylic acids is 2. The van der Waals surface area contributed by atoms with Crippen molar-refractivity contribution in [3.05, 3.63) is 34.3 Å². The highest BCUT2D eigenvalue weighted by Crippen LogP contribution is 2.30. The van der Waals surface area contributed by atoms with Crippen molar-refractivity contribution < 1.29 is 14.3 Å². The largest absolute Gasteiger partial charge is 0.467 e. The summed E-state index contributed by atoms with van der Waals surface area (Å²) in [5, 5.41) is 5.22. The van der Waals surface area contributed by atoms with Gasteiger partial charge >= 0.3 is 5.97 Å². The fourth-order valence-electron chi connectivity index (χ4n) is 2.12. The third kappa shape index (κ3) is 3.48. The predicted molar refractivity (Wildman–Crippen MR) is 88.9 cm³/mol. The molecule has 1 aromatic heterocycles. The summed E-state index contributed by atoms with van der Waals surface area (Å²) in [6.45, 7) is 0. The molecule has 0 fully saturated rings. The number of aryl methyl sites for hydroxylation is 1. The number of methoxy groups -OCH3 is 1. The number of aldehydes is 1. The Bertz CT molecular complexity index is 746. The van der Waals surface area contributed by atoms with Gasteiger partial charge < -0.3 is 14.4 Å². The SMILES string of the molecule is COC(=O)C(C=O)N(C)c1cc(-c2ccc(Cl)c(Cl)c2)n(C)n1. The van der Waals surface area contributed by atoms with Gasteiger partial charge in [0.1, 0.15) is 0 Å². The van der Waals surface area contributed by atoms with E-state index >= 15 is 0 Å². The van der Waals surface area contributed by atoms with Crippen LogP contribution in [0.1, 0.15) is 0 Å². The smallest absolute Gasteiger partial charge is 0.336 e. The van der Waals surface area contributed by atoms with Gasteiger partial charge in [0.15, 0.2) is 18.1 Å². The molecule has 1 atom stereocenters. The number of benzene rings is 1. The summed E-state index contributed by atoms with van der Waals surface area (Å²) in [4.78, 5) is 24.2. The minimum absolute atomic E-state index is 0.431. The molecule has 0 N–H and O–H groups in total. The van der Waals surface area contributed by atoms with Crippen molar-refractivity contribution in [2.75, 3.05) is 19.1 Å². The third-order valence-corrected chi connectivity index (χ3v) is 4.17. The monoisotopic (exact) mass is 355 g/mol. The van der Waals surface area contributed by atoms with Crippen molar-refractivity contribution in [1.29, 1.82) is 0 Å². The molecule has 0 aliphatic carbocycles. The van der Waals surface area contributed by atoms with Crippen molar-refractivity contribution in [1.82, 2.24) is 9.78 Å². The van der Waals surface area contributed by atoms with E-state index in [4.69, 9.17) is 23.2 Å². The van der Waals surface area contributed by atoms with Gasteiger partial charge in [-0.15, -0.1) is 0 Å². The third-order valence-electron chi connectivity index (χ3n) is 3.43. The lowest BCUT2D eigenvalue weighted by Crippen LogP contribution is -2.40. The van der Waals surface area contributed by atoms with Crippen molar-refractivity contribution in [3.8, 4) is 11.3 Å². The highest BCUT2D eigenvalue weighted by molar-refractivity contribution is 6.42. The highest BCUT2D eigenvalue weighted by atomic mass is 35.5. The van der Waals surface area contributed by atoms with E-state index in [1.165, 1.54) is 12.0 Å². The lowest BCUT2D eigenvalue weighted by Gasteiger charge is -2.20. The number of nitrogens with zero attached hydrogens (tertiary/aromatic N) is 3. The van der Waals surface area contributed by atoms with Crippen LogP contribution in [0.3, 0.4) is 0 Å². The van der Waals surface area contributed by atoms with Crippen LogP contribution in [0.5, 0.6) is 0 Å². The lowest BCUT2D eigenvalue weighted by atomic mass is 10.1. The van der Waals surface area contributed by atoms with Crippen molar-refractivity contribution in [3.63, 3.8) is 0 Å². The van der Waals surface area contributed by atoms with Gasteiger partial charge in [-0.2, -0.15) is 5.10 Å². The maximum Gasteiger partial charge on any atom is 0.336 e. The molecular formula is C15H15Cl2N3O3. The highest BCUT2D eigenvalue weighted by Gasteiger charge is 2.26. The molecule has 0 aliphatic heterocycles. The number of rotatable bonds is 5. The van der Waals surface area contributed by atoms with Crippen LogP contribution in [-0.4, -0.2) is 42.2 Å². The molecule has 0 saturated carbocycles. The molecule has 122 valence electrons. The first-order chi connectivity index (χ1) is 10.9. The number of hydrogen-bond donors (Lipinski definition) is 0. The number of aromatic nitrogens is 2. The topological polar surface area (TPSA) is 64.4 Å². The van der Waals surface area contributed by atoms with Crippen LogP contribution in [-0.2, 0) is 21.4 Å². The number of anilines is 1. The number of esters is 1. The van der Waals surface area contributed by atoms with E-state index in [-0.39, 0.29) is 0 Å². The average Bonchev–Trinajstić information content (AvgIpc) is 2.92. The summed E-state index contributed by atoms with van der Waals surface area (Å²) < 4.78 is 6.25. The van der Waals surface area contributed by atoms with E-state index in [9.17, 15) is 9.59 Å². The van der Waals surface area contributed by atoms with E-state index in [1.807, 2.05) is 6.07 Å². The van der Waals surface area contributed by atoms with Gasteiger partial charge in [0.25, 0.3) is 0 Å². The minimum Gasteiger partial charge on any atom is -0.467 e. The summed E-state index contributed by atoms with van der Waals surface area (Å²) in [6, 6.07) is 5.92. The summed E-state index contributed by atoms with van der Waals surface area (Å²) in [5.74, 6) is -0.194. The van der Waals surface area contributed by atoms with Gasteiger partial charge in [0, 0.05) is 25.7 Å². The zero-order chi connectivity index (χ0) is 17.1. The first kappa shape index (κ1) is 17.3.